The lowest BCUT2D eigenvalue weighted by atomic mass is 10.00. The highest BCUT2D eigenvalue weighted by molar-refractivity contribution is 7.96. The van der Waals surface area contributed by atoms with E-state index in [1.807, 2.05) is 18.2 Å². The second-order valence-electron chi connectivity index (χ2n) is 9.11. The first-order valence-corrected chi connectivity index (χ1v) is 13.7. The van der Waals surface area contributed by atoms with Crippen molar-refractivity contribution in [1.82, 2.24) is 20.1 Å². The van der Waals surface area contributed by atoms with Gasteiger partial charge in [-0.15, -0.1) is 0 Å². The number of pyridine rings is 1. The number of hydrogen-bond donors (Lipinski definition) is 2. The van der Waals surface area contributed by atoms with Crippen LogP contribution >= 0.6 is 0 Å². The second-order valence-corrected chi connectivity index (χ2v) is 10.8. The minimum absolute atomic E-state index is 0.180. The van der Waals surface area contributed by atoms with Crippen molar-refractivity contribution in [3.63, 3.8) is 0 Å². The van der Waals surface area contributed by atoms with Gasteiger partial charge in [0.1, 0.15) is 11.6 Å². The molecule has 1 aliphatic carbocycles. The maximum absolute atomic E-state index is 13.9. The molecule has 1 aromatic heterocycles. The number of carbonyl (C=O) groups is 1. The Morgan fingerprint density at radius 1 is 1.18 bits per heavy atom. The number of piperazine rings is 1. The first-order chi connectivity index (χ1) is 18.4. The van der Waals surface area contributed by atoms with Gasteiger partial charge in [-0.25, -0.2) is 12.8 Å². The predicted molar refractivity (Wildman–Crippen MR) is 142 cm³/mol. The topological polar surface area (TPSA) is 104 Å². The van der Waals surface area contributed by atoms with Gasteiger partial charge < -0.3 is 15.0 Å². The zero-order valence-corrected chi connectivity index (χ0v) is 21.6. The molecule has 2 N–H and O–H groups in total. The number of benzene rings is 1. The van der Waals surface area contributed by atoms with Crippen molar-refractivity contribution in [2.75, 3.05) is 38.0 Å². The van der Waals surface area contributed by atoms with Crippen molar-refractivity contribution < 1.29 is 22.3 Å². The number of ether oxygens (including phenoxy) is 1. The molecule has 11 heteroatoms. The summed E-state index contributed by atoms with van der Waals surface area (Å²) in [5, 5.41) is 3.08. The van der Waals surface area contributed by atoms with E-state index in [9.17, 15) is 17.6 Å². The number of amides is 1. The van der Waals surface area contributed by atoms with Gasteiger partial charge in [0.2, 0.25) is 0 Å². The van der Waals surface area contributed by atoms with Crippen LogP contribution in [0.3, 0.4) is 0 Å². The molecule has 5 rings (SSSR count). The van der Waals surface area contributed by atoms with Crippen LogP contribution in [0.1, 0.15) is 15.9 Å². The first kappa shape index (κ1) is 25.7. The third-order valence-corrected chi connectivity index (χ3v) is 8.21. The van der Waals surface area contributed by atoms with Crippen molar-refractivity contribution >= 4 is 21.6 Å². The number of nitrogens with zero attached hydrogens (tertiary/aromatic N) is 3. The maximum Gasteiger partial charge on any atom is 0.260 e. The number of fused-ring (bicyclic) bond motifs is 1. The number of allylic oxidation sites excluding steroid dienone is 4. The van der Waals surface area contributed by atoms with Crippen molar-refractivity contribution in [1.29, 1.82) is 0 Å². The van der Waals surface area contributed by atoms with Gasteiger partial charge in [0, 0.05) is 50.0 Å². The number of anilines is 1. The molecule has 1 saturated heterocycles. The number of aromatic nitrogens is 1. The third-order valence-electron chi connectivity index (χ3n) is 6.73. The Morgan fingerprint density at radius 2 is 2.00 bits per heavy atom. The van der Waals surface area contributed by atoms with Gasteiger partial charge in [-0.3, -0.25) is 19.4 Å². The Labute approximate surface area is 221 Å². The minimum Gasteiger partial charge on any atom is -0.495 e. The molecule has 1 amide bonds. The lowest BCUT2D eigenvalue weighted by molar-refractivity contribution is 0.0626. The molecular weight excluding hydrogens is 509 g/mol. The smallest absolute Gasteiger partial charge is 0.260 e. The summed E-state index contributed by atoms with van der Waals surface area (Å²) in [5.41, 5.74) is 2.04. The quantitative estimate of drug-likeness (QED) is 0.560. The van der Waals surface area contributed by atoms with Crippen LogP contribution < -0.4 is 14.8 Å². The zero-order valence-electron chi connectivity index (χ0n) is 20.8. The van der Waals surface area contributed by atoms with E-state index < -0.39 is 16.1 Å². The van der Waals surface area contributed by atoms with Gasteiger partial charge in [0.25, 0.3) is 15.9 Å². The number of sulfonamides is 1. The number of dihydropyridines is 1. The van der Waals surface area contributed by atoms with E-state index in [1.165, 1.54) is 19.4 Å². The van der Waals surface area contributed by atoms with Gasteiger partial charge in [-0.05, 0) is 48.2 Å². The van der Waals surface area contributed by atoms with Crippen molar-refractivity contribution in [3.05, 3.63) is 101 Å². The molecular formula is C27H28FN5O4S. The summed E-state index contributed by atoms with van der Waals surface area (Å²) in [6, 6.07) is 5.85. The standard InChI is InChI=1S/C27H28FN5O4S/c1-37-24-16-20(27(34)33-14-12-32(13-15-33)18-21-9-11-29-17-22(21)28)7-8-23(24)31-38(35,36)25-6-2-4-19-5-3-10-30-26(19)25/h2-11,16-17,26,30-31H,12-15,18H2,1H3. The summed E-state index contributed by atoms with van der Waals surface area (Å²) in [4.78, 5) is 21.0. The number of hydrogen-bond acceptors (Lipinski definition) is 7. The van der Waals surface area contributed by atoms with Gasteiger partial charge >= 0.3 is 0 Å². The molecule has 0 saturated carbocycles. The summed E-state index contributed by atoms with van der Waals surface area (Å²) in [6.45, 7) is 2.64. The van der Waals surface area contributed by atoms with Crippen LogP contribution in [0.15, 0.2) is 83.7 Å². The third kappa shape index (κ3) is 5.34. The molecule has 0 spiro atoms. The molecule has 3 aliphatic rings. The number of methoxy groups -OCH3 is 1. The van der Waals surface area contributed by atoms with Gasteiger partial charge in [0.15, 0.2) is 0 Å². The number of halogens is 1. The summed E-state index contributed by atoms with van der Waals surface area (Å²) in [6.07, 6.45) is 13.3. The summed E-state index contributed by atoms with van der Waals surface area (Å²) < 4.78 is 48.5. The molecule has 1 aromatic carbocycles. The van der Waals surface area contributed by atoms with Crippen LogP contribution in [0.5, 0.6) is 5.75 Å². The zero-order chi connectivity index (χ0) is 26.7. The van der Waals surface area contributed by atoms with Crippen LogP contribution in [0.4, 0.5) is 10.1 Å². The summed E-state index contributed by atoms with van der Waals surface area (Å²) >= 11 is 0. The molecule has 3 heterocycles. The van der Waals surface area contributed by atoms with Crippen molar-refractivity contribution in [2.24, 2.45) is 0 Å². The fraction of sp³-hybridized carbons (Fsp3) is 0.259. The van der Waals surface area contributed by atoms with E-state index in [4.69, 9.17) is 4.74 Å². The highest BCUT2D eigenvalue weighted by atomic mass is 32.2. The van der Waals surface area contributed by atoms with Crippen LogP contribution in [0, 0.1) is 5.82 Å². The van der Waals surface area contributed by atoms with E-state index in [-0.39, 0.29) is 28.1 Å². The molecule has 1 unspecified atom stereocenters. The number of nitrogens with one attached hydrogen (secondary N) is 2. The van der Waals surface area contributed by atoms with Crippen molar-refractivity contribution in [3.8, 4) is 5.75 Å². The number of carbonyl (C=O) groups excluding carboxylic acids is 1. The molecule has 2 aromatic rings. The van der Waals surface area contributed by atoms with E-state index in [2.05, 4.69) is 19.9 Å². The fourth-order valence-corrected chi connectivity index (χ4v) is 6.02. The molecule has 1 fully saturated rings. The Bertz CT molecular complexity index is 1460. The predicted octanol–water partition coefficient (Wildman–Crippen LogP) is 2.79. The second kappa shape index (κ2) is 10.8. The fourth-order valence-electron chi connectivity index (χ4n) is 4.67. The SMILES string of the molecule is COc1cc(C(=O)N2CCN(Cc3ccncc3F)CC2)ccc1NS(=O)(=O)C1=CC=CC2=CC=CNC21. The molecule has 198 valence electrons. The summed E-state index contributed by atoms with van der Waals surface area (Å²) in [7, 11) is -2.49. The lowest BCUT2D eigenvalue weighted by Crippen LogP contribution is -2.48. The van der Waals surface area contributed by atoms with Gasteiger partial charge in [0.05, 0.1) is 29.9 Å². The molecule has 38 heavy (non-hydrogen) atoms. The monoisotopic (exact) mass is 537 g/mol. The normalized spacial score (nSPS) is 19.2. The Balaban J connectivity index is 1.25. The first-order valence-electron chi connectivity index (χ1n) is 12.2. The molecule has 2 aliphatic heterocycles. The minimum atomic E-state index is -3.92. The maximum atomic E-state index is 13.9. The molecule has 0 bridgehead atoms. The van der Waals surface area contributed by atoms with Gasteiger partial charge in [-0.1, -0.05) is 18.2 Å². The highest BCUT2D eigenvalue weighted by Gasteiger charge is 2.31. The van der Waals surface area contributed by atoms with Crippen LogP contribution in [0.2, 0.25) is 0 Å². The van der Waals surface area contributed by atoms with Gasteiger partial charge in [-0.2, -0.15) is 0 Å². The van der Waals surface area contributed by atoms with Crippen LogP contribution in [-0.4, -0.2) is 68.4 Å². The Kier molecular flexibility index (Phi) is 7.30. The Morgan fingerprint density at radius 3 is 2.76 bits per heavy atom. The molecule has 9 nitrogen and oxygen atoms in total. The van der Waals surface area contributed by atoms with E-state index in [0.29, 0.717) is 43.9 Å². The average Bonchev–Trinajstić information content (AvgIpc) is 2.94. The summed E-state index contributed by atoms with van der Waals surface area (Å²) in [5.74, 6) is -0.278. The number of rotatable bonds is 7. The van der Waals surface area contributed by atoms with E-state index >= 15 is 0 Å². The highest BCUT2D eigenvalue weighted by Crippen LogP contribution is 2.31. The molecule has 0 radical (unpaired) electrons. The van der Waals surface area contributed by atoms with E-state index in [1.54, 1.807) is 47.6 Å². The van der Waals surface area contributed by atoms with Crippen LogP contribution in [-0.2, 0) is 16.6 Å². The van der Waals surface area contributed by atoms with Crippen molar-refractivity contribution in [2.45, 2.75) is 12.6 Å². The Hall–Kier alpha value is -3.96. The molecule has 1 atom stereocenters. The lowest BCUT2D eigenvalue weighted by Gasteiger charge is -2.35. The van der Waals surface area contributed by atoms with Crippen LogP contribution in [0.25, 0.3) is 0 Å². The largest absolute Gasteiger partial charge is 0.495 e. The van der Waals surface area contributed by atoms with E-state index in [0.717, 1.165) is 5.57 Å². The average molecular weight is 538 g/mol.